The van der Waals surface area contributed by atoms with E-state index in [1.807, 2.05) is 0 Å². The van der Waals surface area contributed by atoms with Crippen molar-refractivity contribution in [2.24, 2.45) is 41.4 Å². The van der Waals surface area contributed by atoms with Crippen LogP contribution in [0, 0.1) is 41.4 Å². The molecule has 0 aromatic carbocycles. The average molecular weight is 361 g/mol. The fourth-order valence-electron chi connectivity index (χ4n) is 7.02. The zero-order valence-electron chi connectivity index (χ0n) is 18.4. The second-order valence-corrected chi connectivity index (χ2v) is 10.9. The normalized spacial score (nSPS) is 40.6. The second-order valence-electron chi connectivity index (χ2n) is 10.9. The van der Waals surface area contributed by atoms with E-state index >= 15 is 0 Å². The third-order valence-corrected chi connectivity index (χ3v) is 9.01. The Balaban J connectivity index is 1.64. The van der Waals surface area contributed by atoms with Crippen molar-refractivity contribution in [1.29, 1.82) is 0 Å². The summed E-state index contributed by atoms with van der Waals surface area (Å²) in [7, 11) is 0. The molecule has 0 spiro atoms. The van der Waals surface area contributed by atoms with E-state index < -0.39 is 0 Å². The van der Waals surface area contributed by atoms with Crippen LogP contribution in [-0.2, 0) is 0 Å². The lowest BCUT2D eigenvalue weighted by atomic mass is 9.64. The minimum absolute atomic E-state index is 0.913. The third kappa shape index (κ3) is 5.75. The molecule has 0 aromatic heterocycles. The second kappa shape index (κ2) is 10.5. The summed E-state index contributed by atoms with van der Waals surface area (Å²) in [4.78, 5) is 0. The fraction of sp³-hybridized carbons (Fsp3) is 1.00. The first kappa shape index (κ1) is 20.7. The number of hydrogen-bond acceptors (Lipinski definition) is 0. The number of fused-ring (bicyclic) bond motifs is 1. The molecule has 4 unspecified atom stereocenters. The van der Waals surface area contributed by atoms with Crippen LogP contribution in [0.25, 0.3) is 0 Å². The van der Waals surface area contributed by atoms with Crippen molar-refractivity contribution in [3.05, 3.63) is 0 Å². The summed E-state index contributed by atoms with van der Waals surface area (Å²) in [5.74, 6) is 7.32. The highest BCUT2D eigenvalue weighted by molar-refractivity contribution is 4.86. The van der Waals surface area contributed by atoms with E-state index in [1.54, 1.807) is 51.4 Å². The van der Waals surface area contributed by atoms with E-state index in [0.29, 0.717) is 0 Å². The Labute approximate surface area is 165 Å². The molecule has 0 bridgehead atoms. The van der Waals surface area contributed by atoms with Gasteiger partial charge in [-0.25, -0.2) is 0 Å². The SMILES string of the molecule is CCC1CCC2CCCCCCCC(C3CCC(C(C)C)CC3)CC2C1. The van der Waals surface area contributed by atoms with Crippen LogP contribution in [0.3, 0.4) is 0 Å². The summed E-state index contributed by atoms with van der Waals surface area (Å²) in [5, 5.41) is 0. The maximum Gasteiger partial charge on any atom is -0.0380 e. The Morgan fingerprint density at radius 3 is 1.81 bits per heavy atom. The molecule has 152 valence electrons. The van der Waals surface area contributed by atoms with Crippen LogP contribution in [0.15, 0.2) is 0 Å². The highest BCUT2D eigenvalue weighted by Gasteiger charge is 2.35. The Bertz CT molecular complexity index is 375. The third-order valence-electron chi connectivity index (χ3n) is 9.01. The summed E-state index contributed by atoms with van der Waals surface area (Å²) >= 11 is 0. The molecule has 3 fully saturated rings. The Morgan fingerprint density at radius 2 is 1.15 bits per heavy atom. The first-order chi connectivity index (χ1) is 12.7. The summed E-state index contributed by atoms with van der Waals surface area (Å²) in [5.41, 5.74) is 0. The first-order valence-electron chi connectivity index (χ1n) is 12.7. The van der Waals surface area contributed by atoms with Crippen LogP contribution in [0.1, 0.15) is 124 Å². The maximum absolute atomic E-state index is 2.45. The minimum atomic E-state index is 0.913. The molecule has 0 N–H and O–H groups in total. The van der Waals surface area contributed by atoms with Crippen molar-refractivity contribution in [2.75, 3.05) is 0 Å². The lowest BCUT2D eigenvalue weighted by Crippen LogP contribution is -2.30. The van der Waals surface area contributed by atoms with Crippen molar-refractivity contribution in [3.63, 3.8) is 0 Å². The topological polar surface area (TPSA) is 0 Å². The van der Waals surface area contributed by atoms with E-state index in [0.717, 1.165) is 41.4 Å². The average Bonchev–Trinajstić information content (AvgIpc) is 2.71. The van der Waals surface area contributed by atoms with Gasteiger partial charge in [0.2, 0.25) is 0 Å². The van der Waals surface area contributed by atoms with Crippen LogP contribution in [0.5, 0.6) is 0 Å². The molecule has 0 aliphatic heterocycles. The van der Waals surface area contributed by atoms with Gasteiger partial charge in [0, 0.05) is 0 Å². The monoisotopic (exact) mass is 360 g/mol. The van der Waals surface area contributed by atoms with Crippen LogP contribution < -0.4 is 0 Å². The van der Waals surface area contributed by atoms with Gasteiger partial charge in [-0.2, -0.15) is 0 Å². The van der Waals surface area contributed by atoms with Gasteiger partial charge < -0.3 is 0 Å². The highest BCUT2D eigenvalue weighted by Crippen LogP contribution is 2.46. The summed E-state index contributed by atoms with van der Waals surface area (Å²) in [6.45, 7) is 7.35. The van der Waals surface area contributed by atoms with Gasteiger partial charge in [-0.05, 0) is 86.4 Å². The van der Waals surface area contributed by atoms with E-state index in [4.69, 9.17) is 0 Å². The predicted molar refractivity (Wildman–Crippen MR) is 115 cm³/mol. The zero-order chi connectivity index (χ0) is 18.4. The van der Waals surface area contributed by atoms with E-state index in [2.05, 4.69) is 20.8 Å². The van der Waals surface area contributed by atoms with Crippen molar-refractivity contribution in [3.8, 4) is 0 Å². The van der Waals surface area contributed by atoms with Gasteiger partial charge in [0.15, 0.2) is 0 Å². The summed E-state index contributed by atoms with van der Waals surface area (Å²) in [6.07, 6.45) is 24.7. The van der Waals surface area contributed by atoms with Crippen LogP contribution in [0.4, 0.5) is 0 Å². The van der Waals surface area contributed by atoms with Crippen molar-refractivity contribution in [1.82, 2.24) is 0 Å². The molecule has 26 heavy (non-hydrogen) atoms. The summed E-state index contributed by atoms with van der Waals surface area (Å²) in [6, 6.07) is 0. The Kier molecular flexibility index (Phi) is 8.39. The van der Waals surface area contributed by atoms with E-state index in [-0.39, 0.29) is 0 Å². The number of rotatable bonds is 3. The molecule has 0 aromatic rings. The molecule has 0 saturated heterocycles. The molecule has 3 aliphatic carbocycles. The van der Waals surface area contributed by atoms with Gasteiger partial charge in [0.25, 0.3) is 0 Å². The van der Waals surface area contributed by atoms with Crippen molar-refractivity contribution in [2.45, 2.75) is 124 Å². The fourth-order valence-corrected chi connectivity index (χ4v) is 7.02. The van der Waals surface area contributed by atoms with Gasteiger partial charge in [0.1, 0.15) is 0 Å². The summed E-state index contributed by atoms with van der Waals surface area (Å²) < 4.78 is 0. The predicted octanol–water partition coefficient (Wildman–Crippen LogP) is 8.64. The van der Waals surface area contributed by atoms with Gasteiger partial charge >= 0.3 is 0 Å². The van der Waals surface area contributed by atoms with Gasteiger partial charge in [-0.1, -0.05) is 78.6 Å². The quantitative estimate of drug-likeness (QED) is 0.472. The lowest BCUT2D eigenvalue weighted by Gasteiger charge is -2.41. The zero-order valence-corrected chi connectivity index (χ0v) is 18.4. The van der Waals surface area contributed by atoms with Crippen molar-refractivity contribution < 1.29 is 0 Å². The molecule has 3 aliphatic rings. The molecule has 3 saturated carbocycles. The molecule has 3 rings (SSSR count). The van der Waals surface area contributed by atoms with Crippen LogP contribution in [-0.4, -0.2) is 0 Å². The Morgan fingerprint density at radius 1 is 0.577 bits per heavy atom. The van der Waals surface area contributed by atoms with Gasteiger partial charge in [-0.15, -0.1) is 0 Å². The molecule has 0 amide bonds. The largest absolute Gasteiger partial charge is 0.0651 e. The van der Waals surface area contributed by atoms with Crippen LogP contribution >= 0.6 is 0 Å². The first-order valence-corrected chi connectivity index (χ1v) is 12.7. The molecule has 0 nitrogen and oxygen atoms in total. The molecule has 0 heterocycles. The van der Waals surface area contributed by atoms with E-state index in [1.165, 1.54) is 51.4 Å². The van der Waals surface area contributed by atoms with Crippen molar-refractivity contribution >= 4 is 0 Å². The molecule has 0 heteroatoms. The Hall–Kier alpha value is 0. The van der Waals surface area contributed by atoms with Gasteiger partial charge in [0.05, 0.1) is 0 Å². The molecular formula is C26H48. The standard InChI is InChI=1S/C26H48/c1-4-21-12-13-23-10-8-6-5-7-9-11-25(19-26(23)18-21)24-16-14-22(15-17-24)20(2)3/h20-26H,4-19H2,1-3H3. The smallest absolute Gasteiger partial charge is 0.0380 e. The minimum Gasteiger partial charge on any atom is -0.0651 e. The maximum atomic E-state index is 2.45. The molecule has 0 radical (unpaired) electrons. The molecule has 4 atom stereocenters. The highest BCUT2D eigenvalue weighted by atomic mass is 14.4. The van der Waals surface area contributed by atoms with Gasteiger partial charge in [-0.3, -0.25) is 0 Å². The number of hydrogen-bond donors (Lipinski definition) is 0. The van der Waals surface area contributed by atoms with Crippen LogP contribution in [0.2, 0.25) is 0 Å². The molecular weight excluding hydrogens is 312 g/mol. The van der Waals surface area contributed by atoms with E-state index in [9.17, 15) is 0 Å². The lowest BCUT2D eigenvalue weighted by molar-refractivity contribution is 0.0970.